The first kappa shape index (κ1) is 14.0. The number of hydrogen-bond acceptors (Lipinski definition) is 2. The summed E-state index contributed by atoms with van der Waals surface area (Å²) in [6, 6.07) is 11.9. The SMILES string of the molecule is COc1ccc(Br)cc1CC(N)c1cccc(F)c1. The van der Waals surface area contributed by atoms with Crippen molar-refractivity contribution in [2.24, 2.45) is 5.73 Å². The quantitative estimate of drug-likeness (QED) is 0.927. The molecule has 2 N–H and O–H groups in total. The van der Waals surface area contributed by atoms with Crippen LogP contribution in [0.5, 0.6) is 5.75 Å². The smallest absolute Gasteiger partial charge is 0.123 e. The lowest BCUT2D eigenvalue weighted by Gasteiger charge is -2.15. The molecule has 4 heteroatoms. The molecule has 0 bridgehead atoms. The van der Waals surface area contributed by atoms with Crippen LogP contribution in [0.4, 0.5) is 4.39 Å². The fourth-order valence-corrected chi connectivity index (χ4v) is 2.41. The third-order valence-corrected chi connectivity index (χ3v) is 3.45. The maximum atomic E-state index is 13.2. The fraction of sp³-hybridized carbons (Fsp3) is 0.200. The van der Waals surface area contributed by atoms with Crippen molar-refractivity contribution in [3.8, 4) is 5.75 Å². The first-order chi connectivity index (χ1) is 9.10. The maximum Gasteiger partial charge on any atom is 0.123 e. The molecule has 0 aliphatic heterocycles. The number of nitrogens with two attached hydrogens (primary N) is 1. The predicted molar refractivity (Wildman–Crippen MR) is 77.7 cm³/mol. The van der Waals surface area contributed by atoms with Crippen LogP contribution in [-0.2, 0) is 6.42 Å². The summed E-state index contributed by atoms with van der Waals surface area (Å²) in [5, 5.41) is 0. The summed E-state index contributed by atoms with van der Waals surface area (Å²) in [7, 11) is 1.63. The summed E-state index contributed by atoms with van der Waals surface area (Å²) in [6.45, 7) is 0. The standard InChI is InChI=1S/C15H15BrFNO/c1-19-15-6-5-12(16)7-11(15)9-14(18)10-3-2-4-13(17)8-10/h2-8,14H,9,18H2,1H3. The molecule has 2 aromatic carbocycles. The lowest BCUT2D eigenvalue weighted by atomic mass is 9.99. The summed E-state index contributed by atoms with van der Waals surface area (Å²) < 4.78 is 19.5. The van der Waals surface area contributed by atoms with E-state index in [0.717, 1.165) is 21.3 Å². The highest BCUT2D eigenvalue weighted by Crippen LogP contribution is 2.27. The third-order valence-electron chi connectivity index (χ3n) is 2.96. The first-order valence-electron chi connectivity index (χ1n) is 5.93. The molecule has 0 aliphatic rings. The largest absolute Gasteiger partial charge is 0.496 e. The molecule has 0 radical (unpaired) electrons. The lowest BCUT2D eigenvalue weighted by Crippen LogP contribution is -2.14. The Bertz CT molecular complexity index is 574. The Balaban J connectivity index is 2.23. The van der Waals surface area contributed by atoms with E-state index in [1.165, 1.54) is 12.1 Å². The lowest BCUT2D eigenvalue weighted by molar-refractivity contribution is 0.408. The van der Waals surface area contributed by atoms with Gasteiger partial charge in [-0.15, -0.1) is 0 Å². The molecular weight excluding hydrogens is 309 g/mol. The molecule has 1 atom stereocenters. The molecule has 0 saturated heterocycles. The summed E-state index contributed by atoms with van der Waals surface area (Å²) in [6.07, 6.45) is 0.589. The molecule has 0 saturated carbocycles. The van der Waals surface area contributed by atoms with E-state index in [1.807, 2.05) is 24.3 Å². The molecule has 19 heavy (non-hydrogen) atoms. The molecule has 0 aliphatic carbocycles. The second-order valence-corrected chi connectivity index (χ2v) is 5.24. The van der Waals surface area contributed by atoms with Gasteiger partial charge in [0.1, 0.15) is 11.6 Å². The summed E-state index contributed by atoms with van der Waals surface area (Å²) >= 11 is 3.43. The average Bonchev–Trinajstić information content (AvgIpc) is 2.39. The molecule has 2 aromatic rings. The molecule has 2 rings (SSSR count). The van der Waals surface area contributed by atoms with Gasteiger partial charge in [0.2, 0.25) is 0 Å². The van der Waals surface area contributed by atoms with E-state index in [0.29, 0.717) is 6.42 Å². The van der Waals surface area contributed by atoms with Crippen LogP contribution in [0, 0.1) is 5.82 Å². The number of rotatable bonds is 4. The van der Waals surface area contributed by atoms with Gasteiger partial charge in [-0.2, -0.15) is 0 Å². The van der Waals surface area contributed by atoms with Crippen LogP contribution in [0.15, 0.2) is 46.9 Å². The molecule has 2 nitrogen and oxygen atoms in total. The fourth-order valence-electron chi connectivity index (χ4n) is 2.00. The molecule has 1 unspecified atom stereocenters. The van der Waals surface area contributed by atoms with Crippen LogP contribution in [0.1, 0.15) is 17.2 Å². The van der Waals surface area contributed by atoms with E-state index in [-0.39, 0.29) is 11.9 Å². The highest BCUT2D eigenvalue weighted by atomic mass is 79.9. The van der Waals surface area contributed by atoms with Gasteiger partial charge in [-0.25, -0.2) is 4.39 Å². The maximum absolute atomic E-state index is 13.2. The van der Waals surface area contributed by atoms with Gasteiger partial charge in [0, 0.05) is 10.5 Å². The van der Waals surface area contributed by atoms with E-state index in [4.69, 9.17) is 10.5 Å². The van der Waals surface area contributed by atoms with Crippen molar-refractivity contribution in [1.29, 1.82) is 0 Å². The van der Waals surface area contributed by atoms with Crippen molar-refractivity contribution >= 4 is 15.9 Å². The first-order valence-corrected chi connectivity index (χ1v) is 6.73. The van der Waals surface area contributed by atoms with Crippen LogP contribution in [-0.4, -0.2) is 7.11 Å². The Hall–Kier alpha value is -1.39. The average molecular weight is 324 g/mol. The van der Waals surface area contributed by atoms with Gasteiger partial charge in [-0.3, -0.25) is 0 Å². The normalized spacial score (nSPS) is 12.2. The molecule has 100 valence electrons. The number of ether oxygens (including phenoxy) is 1. The topological polar surface area (TPSA) is 35.2 Å². The monoisotopic (exact) mass is 323 g/mol. The zero-order chi connectivity index (χ0) is 13.8. The van der Waals surface area contributed by atoms with E-state index >= 15 is 0 Å². The zero-order valence-corrected chi connectivity index (χ0v) is 12.2. The van der Waals surface area contributed by atoms with Crippen molar-refractivity contribution in [2.75, 3.05) is 7.11 Å². The minimum atomic E-state index is -0.269. The molecule has 0 aromatic heterocycles. The van der Waals surface area contributed by atoms with Crippen LogP contribution in [0.25, 0.3) is 0 Å². The second-order valence-electron chi connectivity index (χ2n) is 4.32. The van der Waals surface area contributed by atoms with Gasteiger partial charge in [-0.05, 0) is 47.9 Å². The van der Waals surface area contributed by atoms with Crippen molar-refractivity contribution in [1.82, 2.24) is 0 Å². The van der Waals surface area contributed by atoms with Gasteiger partial charge in [0.05, 0.1) is 7.11 Å². The Kier molecular flexibility index (Phi) is 4.56. The summed E-state index contributed by atoms with van der Waals surface area (Å²) in [5.41, 5.74) is 7.91. The van der Waals surface area contributed by atoms with Crippen molar-refractivity contribution in [3.63, 3.8) is 0 Å². The zero-order valence-electron chi connectivity index (χ0n) is 10.6. The Morgan fingerprint density at radius 3 is 2.74 bits per heavy atom. The van der Waals surface area contributed by atoms with Gasteiger partial charge >= 0.3 is 0 Å². The summed E-state index contributed by atoms with van der Waals surface area (Å²) in [5.74, 6) is 0.518. The Labute approximate surface area is 120 Å². The van der Waals surface area contributed by atoms with E-state index in [9.17, 15) is 4.39 Å². The molecule has 0 spiro atoms. The van der Waals surface area contributed by atoms with Crippen LogP contribution >= 0.6 is 15.9 Å². The Morgan fingerprint density at radius 1 is 1.26 bits per heavy atom. The highest BCUT2D eigenvalue weighted by Gasteiger charge is 2.12. The second kappa shape index (κ2) is 6.17. The number of methoxy groups -OCH3 is 1. The minimum absolute atomic E-state index is 0.265. The molecule has 0 fully saturated rings. The van der Waals surface area contributed by atoms with E-state index in [2.05, 4.69) is 15.9 Å². The third kappa shape index (κ3) is 3.55. The molecular formula is C15H15BrFNO. The predicted octanol–water partition coefficient (Wildman–Crippen LogP) is 3.84. The van der Waals surface area contributed by atoms with Crippen LogP contribution in [0.2, 0.25) is 0 Å². The number of benzene rings is 2. The van der Waals surface area contributed by atoms with Crippen molar-refractivity contribution < 1.29 is 9.13 Å². The van der Waals surface area contributed by atoms with Gasteiger partial charge < -0.3 is 10.5 Å². The van der Waals surface area contributed by atoms with Gasteiger partial charge in [0.25, 0.3) is 0 Å². The Morgan fingerprint density at radius 2 is 2.05 bits per heavy atom. The van der Waals surface area contributed by atoms with Gasteiger partial charge in [-0.1, -0.05) is 28.1 Å². The number of hydrogen-bond donors (Lipinski definition) is 1. The van der Waals surface area contributed by atoms with Crippen molar-refractivity contribution in [2.45, 2.75) is 12.5 Å². The van der Waals surface area contributed by atoms with Crippen molar-refractivity contribution in [3.05, 3.63) is 63.9 Å². The van der Waals surface area contributed by atoms with Crippen LogP contribution in [0.3, 0.4) is 0 Å². The minimum Gasteiger partial charge on any atom is -0.496 e. The highest BCUT2D eigenvalue weighted by molar-refractivity contribution is 9.10. The number of halogens is 2. The van der Waals surface area contributed by atoms with E-state index in [1.54, 1.807) is 13.2 Å². The summed E-state index contributed by atoms with van der Waals surface area (Å²) in [4.78, 5) is 0. The molecule has 0 heterocycles. The van der Waals surface area contributed by atoms with Gasteiger partial charge in [0.15, 0.2) is 0 Å². The molecule has 0 amide bonds. The van der Waals surface area contributed by atoms with Crippen LogP contribution < -0.4 is 10.5 Å². The van der Waals surface area contributed by atoms with E-state index < -0.39 is 0 Å².